The molecule has 1 aliphatic heterocycles. The first-order valence-corrected chi connectivity index (χ1v) is 11.4. The summed E-state index contributed by atoms with van der Waals surface area (Å²) in [6.07, 6.45) is 1.69. The van der Waals surface area contributed by atoms with Crippen LogP contribution in [-0.4, -0.2) is 36.4 Å². The number of nitrogens with zero attached hydrogens (tertiary/aromatic N) is 1. The second kappa shape index (κ2) is 9.90. The standard InChI is InChI=1S/C28H30N2O3/c1-21-6-5-7-24(18-21)23-12-10-22(11-13-23)19-28(27(29)32)14-16-30(17-15-28)26(31)20-33-25-8-3-2-4-9-25/h2-13,18H,14-17,19-20H2,1H3,(H2,29,32). The highest BCUT2D eigenvalue weighted by Crippen LogP contribution is 2.35. The number of aryl methyl sites for hydroxylation is 1. The Morgan fingerprint density at radius 1 is 0.909 bits per heavy atom. The van der Waals surface area contributed by atoms with E-state index in [9.17, 15) is 9.59 Å². The molecule has 0 aliphatic carbocycles. The van der Waals surface area contributed by atoms with E-state index in [1.807, 2.05) is 30.3 Å². The smallest absolute Gasteiger partial charge is 0.260 e. The zero-order valence-corrected chi connectivity index (χ0v) is 19.0. The Balaban J connectivity index is 1.37. The number of hydrogen-bond acceptors (Lipinski definition) is 3. The number of benzene rings is 3. The minimum Gasteiger partial charge on any atom is -0.484 e. The molecule has 3 aromatic rings. The SMILES string of the molecule is Cc1cccc(-c2ccc(CC3(C(N)=O)CCN(C(=O)COc4ccccc4)CC3)cc2)c1. The van der Waals surface area contributed by atoms with Crippen LogP contribution in [0.15, 0.2) is 78.9 Å². The highest BCUT2D eigenvalue weighted by Gasteiger charge is 2.41. The van der Waals surface area contributed by atoms with E-state index in [2.05, 4.69) is 55.5 Å². The zero-order valence-electron chi connectivity index (χ0n) is 19.0. The first-order chi connectivity index (χ1) is 15.9. The summed E-state index contributed by atoms with van der Waals surface area (Å²) in [5, 5.41) is 0. The molecule has 1 aliphatic rings. The molecule has 1 fully saturated rings. The molecule has 0 aromatic heterocycles. The molecule has 0 bridgehead atoms. The van der Waals surface area contributed by atoms with Crippen molar-refractivity contribution in [3.63, 3.8) is 0 Å². The summed E-state index contributed by atoms with van der Waals surface area (Å²) in [6, 6.07) is 26.0. The molecule has 0 saturated carbocycles. The van der Waals surface area contributed by atoms with Crippen molar-refractivity contribution in [2.24, 2.45) is 11.1 Å². The molecule has 1 heterocycles. The fourth-order valence-corrected chi connectivity index (χ4v) is 4.48. The third kappa shape index (κ3) is 5.43. The van der Waals surface area contributed by atoms with Gasteiger partial charge in [0.15, 0.2) is 6.61 Å². The Morgan fingerprint density at radius 2 is 1.61 bits per heavy atom. The van der Waals surface area contributed by atoms with Gasteiger partial charge in [0, 0.05) is 13.1 Å². The van der Waals surface area contributed by atoms with Crippen molar-refractivity contribution in [1.29, 1.82) is 0 Å². The highest BCUT2D eigenvalue weighted by molar-refractivity contribution is 5.82. The maximum Gasteiger partial charge on any atom is 0.260 e. The zero-order chi connectivity index (χ0) is 23.3. The number of ether oxygens (including phenoxy) is 1. The van der Waals surface area contributed by atoms with Crippen LogP contribution in [-0.2, 0) is 16.0 Å². The van der Waals surface area contributed by atoms with Gasteiger partial charge in [-0.1, -0.05) is 72.3 Å². The largest absolute Gasteiger partial charge is 0.484 e. The van der Waals surface area contributed by atoms with Crippen molar-refractivity contribution < 1.29 is 14.3 Å². The van der Waals surface area contributed by atoms with Crippen LogP contribution in [0.5, 0.6) is 5.75 Å². The summed E-state index contributed by atoms with van der Waals surface area (Å²) in [4.78, 5) is 26.8. The lowest BCUT2D eigenvalue weighted by Gasteiger charge is -2.39. The van der Waals surface area contributed by atoms with E-state index in [4.69, 9.17) is 10.5 Å². The number of primary amides is 1. The predicted molar refractivity (Wildman–Crippen MR) is 130 cm³/mol. The molecule has 170 valence electrons. The molecule has 0 spiro atoms. The quantitative estimate of drug-likeness (QED) is 0.590. The number of carbonyl (C=O) groups excluding carboxylic acids is 2. The van der Waals surface area contributed by atoms with Crippen LogP contribution in [0.3, 0.4) is 0 Å². The second-order valence-electron chi connectivity index (χ2n) is 8.87. The molecular weight excluding hydrogens is 412 g/mol. The van der Waals surface area contributed by atoms with E-state index in [-0.39, 0.29) is 18.4 Å². The third-order valence-corrected chi connectivity index (χ3v) is 6.55. The van der Waals surface area contributed by atoms with Crippen molar-refractivity contribution in [3.8, 4) is 16.9 Å². The molecule has 33 heavy (non-hydrogen) atoms. The molecule has 4 rings (SSSR count). The van der Waals surface area contributed by atoms with E-state index in [1.54, 1.807) is 4.90 Å². The van der Waals surface area contributed by atoms with E-state index in [0.29, 0.717) is 38.1 Å². The first-order valence-electron chi connectivity index (χ1n) is 11.4. The van der Waals surface area contributed by atoms with Gasteiger partial charge in [-0.05, 0) is 55.0 Å². The van der Waals surface area contributed by atoms with Crippen molar-refractivity contribution in [2.45, 2.75) is 26.2 Å². The van der Waals surface area contributed by atoms with Crippen LogP contribution in [0.2, 0.25) is 0 Å². The third-order valence-electron chi connectivity index (χ3n) is 6.55. The van der Waals surface area contributed by atoms with Crippen LogP contribution in [0, 0.1) is 12.3 Å². The Hall–Kier alpha value is -3.60. The number of nitrogens with two attached hydrogens (primary N) is 1. The summed E-state index contributed by atoms with van der Waals surface area (Å²) in [7, 11) is 0. The molecule has 5 nitrogen and oxygen atoms in total. The maximum absolute atomic E-state index is 12.6. The van der Waals surface area contributed by atoms with Gasteiger partial charge in [-0.3, -0.25) is 9.59 Å². The molecular formula is C28H30N2O3. The van der Waals surface area contributed by atoms with E-state index < -0.39 is 5.41 Å². The first kappa shape index (κ1) is 22.6. The highest BCUT2D eigenvalue weighted by atomic mass is 16.5. The van der Waals surface area contributed by atoms with Gasteiger partial charge < -0.3 is 15.4 Å². The Bertz CT molecular complexity index is 1100. The van der Waals surface area contributed by atoms with Crippen LogP contribution in [0.4, 0.5) is 0 Å². The second-order valence-corrected chi connectivity index (χ2v) is 8.87. The average Bonchev–Trinajstić information content (AvgIpc) is 2.84. The predicted octanol–water partition coefficient (Wildman–Crippen LogP) is 4.38. The number of likely N-dealkylation sites (tertiary alicyclic amines) is 1. The molecule has 0 radical (unpaired) electrons. The summed E-state index contributed by atoms with van der Waals surface area (Å²) in [6.45, 7) is 3.08. The van der Waals surface area contributed by atoms with Crippen molar-refractivity contribution in [2.75, 3.05) is 19.7 Å². The summed E-state index contributed by atoms with van der Waals surface area (Å²) < 4.78 is 5.59. The molecule has 0 unspecified atom stereocenters. The lowest BCUT2D eigenvalue weighted by Crippen LogP contribution is -2.50. The number of rotatable bonds is 7. The number of piperidine rings is 1. The molecule has 0 atom stereocenters. The van der Waals surface area contributed by atoms with Gasteiger partial charge in [-0.2, -0.15) is 0 Å². The maximum atomic E-state index is 12.6. The lowest BCUT2D eigenvalue weighted by molar-refractivity contribution is -0.140. The molecule has 1 saturated heterocycles. The Kier molecular flexibility index (Phi) is 6.78. The van der Waals surface area contributed by atoms with E-state index in [0.717, 1.165) is 11.1 Å². The monoisotopic (exact) mass is 442 g/mol. The van der Waals surface area contributed by atoms with Crippen LogP contribution in [0.1, 0.15) is 24.0 Å². The Labute approximate surface area is 195 Å². The number of carbonyl (C=O) groups is 2. The molecule has 2 N–H and O–H groups in total. The van der Waals surface area contributed by atoms with Gasteiger partial charge in [-0.25, -0.2) is 0 Å². The lowest BCUT2D eigenvalue weighted by atomic mass is 9.73. The fraction of sp³-hybridized carbons (Fsp3) is 0.286. The van der Waals surface area contributed by atoms with Crippen molar-refractivity contribution in [1.82, 2.24) is 4.90 Å². The summed E-state index contributed by atoms with van der Waals surface area (Å²) in [5.41, 5.74) is 9.87. The summed E-state index contributed by atoms with van der Waals surface area (Å²) in [5.74, 6) is 0.306. The number of amides is 2. The topological polar surface area (TPSA) is 72.6 Å². The van der Waals surface area contributed by atoms with Gasteiger partial charge in [0.1, 0.15) is 5.75 Å². The van der Waals surface area contributed by atoms with Crippen LogP contribution >= 0.6 is 0 Å². The molecule has 2 amide bonds. The van der Waals surface area contributed by atoms with Gasteiger partial charge in [-0.15, -0.1) is 0 Å². The van der Waals surface area contributed by atoms with E-state index in [1.165, 1.54) is 11.1 Å². The summed E-state index contributed by atoms with van der Waals surface area (Å²) >= 11 is 0. The van der Waals surface area contributed by atoms with Crippen molar-refractivity contribution >= 4 is 11.8 Å². The molecule has 3 aromatic carbocycles. The number of hydrogen-bond donors (Lipinski definition) is 1. The van der Waals surface area contributed by atoms with Gasteiger partial charge in [0.25, 0.3) is 5.91 Å². The van der Waals surface area contributed by atoms with E-state index >= 15 is 0 Å². The average molecular weight is 443 g/mol. The van der Waals surface area contributed by atoms with Crippen LogP contribution < -0.4 is 10.5 Å². The Morgan fingerprint density at radius 3 is 2.24 bits per heavy atom. The normalized spacial score (nSPS) is 15.1. The fourth-order valence-electron chi connectivity index (χ4n) is 4.48. The van der Waals surface area contributed by atoms with Crippen LogP contribution in [0.25, 0.3) is 11.1 Å². The minimum atomic E-state index is -0.637. The van der Waals surface area contributed by atoms with Crippen molar-refractivity contribution in [3.05, 3.63) is 90.0 Å². The number of para-hydroxylation sites is 1. The van der Waals surface area contributed by atoms with Gasteiger partial charge >= 0.3 is 0 Å². The van der Waals surface area contributed by atoms with Gasteiger partial charge in [0.2, 0.25) is 5.91 Å². The van der Waals surface area contributed by atoms with Gasteiger partial charge in [0.05, 0.1) is 5.41 Å². The molecule has 5 heteroatoms. The minimum absolute atomic E-state index is 0.00595.